The van der Waals surface area contributed by atoms with Crippen LogP contribution in [-0.4, -0.2) is 32.1 Å². The summed E-state index contributed by atoms with van der Waals surface area (Å²) >= 11 is 3.44. The van der Waals surface area contributed by atoms with E-state index < -0.39 is 0 Å². The number of hydrogen-bond acceptors (Lipinski definition) is 5. The summed E-state index contributed by atoms with van der Waals surface area (Å²) < 4.78 is 11.2. The zero-order valence-electron chi connectivity index (χ0n) is 20.2. The monoisotopic (exact) mass is 559 g/mol. The Kier molecular flexibility index (Phi) is 8.91. The van der Waals surface area contributed by atoms with Gasteiger partial charge in [0.2, 0.25) is 0 Å². The van der Waals surface area contributed by atoms with Crippen LogP contribution in [-0.2, 0) is 4.74 Å². The summed E-state index contributed by atoms with van der Waals surface area (Å²) in [6.07, 6.45) is 0. The van der Waals surface area contributed by atoms with Crippen LogP contribution in [0.1, 0.15) is 20.7 Å². The number of halogens is 1. The van der Waals surface area contributed by atoms with E-state index in [2.05, 4.69) is 31.9 Å². The summed E-state index contributed by atoms with van der Waals surface area (Å²) in [5.74, 6) is -0.0677. The Hall–Kier alpha value is -4.14. The van der Waals surface area contributed by atoms with Gasteiger partial charge in [-0.15, -0.1) is 0 Å². The fourth-order valence-electron chi connectivity index (χ4n) is 3.50. The van der Waals surface area contributed by atoms with E-state index in [4.69, 9.17) is 9.47 Å². The number of carbonyl (C=O) groups is 2. The number of para-hydroxylation sites is 2. The van der Waals surface area contributed by atoms with Crippen molar-refractivity contribution in [2.75, 3.05) is 36.3 Å². The van der Waals surface area contributed by atoms with Crippen molar-refractivity contribution in [2.24, 2.45) is 0 Å². The number of rotatable bonds is 10. The lowest BCUT2D eigenvalue weighted by Gasteiger charge is -2.13. The number of nitrogens with one attached hydrogen (secondary N) is 3. The van der Waals surface area contributed by atoms with Crippen LogP contribution in [0.15, 0.2) is 102 Å². The highest BCUT2D eigenvalue weighted by molar-refractivity contribution is 9.10. The van der Waals surface area contributed by atoms with Gasteiger partial charge in [-0.2, -0.15) is 0 Å². The third-order valence-electron chi connectivity index (χ3n) is 5.36. The molecule has 188 valence electrons. The standard InChI is InChI=1S/C29H26BrN3O4/c1-36-17-18-37-27-16-11-20(19-25(27)30)28(34)33-26-10-6-5-9-24(26)29(35)32-23-14-12-22(13-15-23)31-21-7-3-2-4-8-21/h2-16,19,31H,17-18H2,1H3,(H,32,35)(H,33,34). The molecule has 0 bridgehead atoms. The Bertz CT molecular complexity index is 1360. The van der Waals surface area contributed by atoms with E-state index in [9.17, 15) is 9.59 Å². The highest BCUT2D eigenvalue weighted by Gasteiger charge is 2.15. The van der Waals surface area contributed by atoms with Crippen molar-refractivity contribution in [3.05, 3.63) is 113 Å². The molecular formula is C29H26BrN3O4. The predicted molar refractivity (Wildman–Crippen MR) is 150 cm³/mol. The van der Waals surface area contributed by atoms with Crippen molar-refractivity contribution in [3.63, 3.8) is 0 Å². The van der Waals surface area contributed by atoms with Crippen molar-refractivity contribution < 1.29 is 19.1 Å². The second kappa shape index (κ2) is 12.7. The molecule has 0 fully saturated rings. The Labute approximate surface area is 223 Å². The zero-order chi connectivity index (χ0) is 26.0. The predicted octanol–water partition coefficient (Wildman–Crippen LogP) is 6.72. The van der Waals surface area contributed by atoms with Crippen LogP contribution in [0.5, 0.6) is 5.75 Å². The molecule has 0 spiro atoms. The number of anilines is 4. The van der Waals surface area contributed by atoms with Gasteiger partial charge in [-0.05, 0) is 82.7 Å². The average Bonchev–Trinajstić information content (AvgIpc) is 2.91. The summed E-state index contributed by atoms with van der Waals surface area (Å²) in [5.41, 5.74) is 3.69. The molecule has 7 nitrogen and oxygen atoms in total. The van der Waals surface area contributed by atoms with Crippen LogP contribution in [0, 0.1) is 0 Å². The lowest BCUT2D eigenvalue weighted by Crippen LogP contribution is -2.18. The Morgan fingerprint density at radius 2 is 1.41 bits per heavy atom. The van der Waals surface area contributed by atoms with Gasteiger partial charge < -0.3 is 25.4 Å². The molecule has 0 saturated heterocycles. The molecule has 0 aliphatic heterocycles. The van der Waals surface area contributed by atoms with Gasteiger partial charge in [-0.25, -0.2) is 0 Å². The normalized spacial score (nSPS) is 10.4. The number of carbonyl (C=O) groups excluding carboxylic acids is 2. The summed E-state index contributed by atoms with van der Waals surface area (Å²) in [7, 11) is 1.60. The molecule has 2 amide bonds. The van der Waals surface area contributed by atoms with Crippen LogP contribution in [0.4, 0.5) is 22.7 Å². The number of ether oxygens (including phenoxy) is 2. The van der Waals surface area contributed by atoms with Gasteiger partial charge >= 0.3 is 0 Å². The minimum Gasteiger partial charge on any atom is -0.490 e. The third kappa shape index (κ3) is 7.19. The maximum Gasteiger partial charge on any atom is 0.257 e. The molecule has 0 heterocycles. The van der Waals surface area contributed by atoms with Crippen LogP contribution < -0.4 is 20.7 Å². The van der Waals surface area contributed by atoms with Crippen molar-refractivity contribution in [3.8, 4) is 5.75 Å². The average molecular weight is 560 g/mol. The molecule has 0 saturated carbocycles. The highest BCUT2D eigenvalue weighted by Crippen LogP contribution is 2.27. The summed E-state index contributed by atoms with van der Waals surface area (Å²) in [6, 6.07) is 29.2. The van der Waals surface area contributed by atoms with Crippen molar-refractivity contribution in [1.82, 2.24) is 0 Å². The maximum absolute atomic E-state index is 13.0. The summed E-state index contributed by atoms with van der Waals surface area (Å²) in [6.45, 7) is 0.859. The maximum atomic E-state index is 13.0. The van der Waals surface area contributed by atoms with Crippen molar-refractivity contribution >= 4 is 50.5 Å². The van der Waals surface area contributed by atoms with Gasteiger partial charge in [0, 0.05) is 29.7 Å². The SMILES string of the molecule is COCCOc1ccc(C(=O)Nc2ccccc2C(=O)Nc2ccc(Nc3ccccc3)cc2)cc1Br. The largest absolute Gasteiger partial charge is 0.490 e. The molecule has 0 radical (unpaired) electrons. The topological polar surface area (TPSA) is 88.7 Å². The molecule has 0 aromatic heterocycles. The Balaban J connectivity index is 1.41. The first-order chi connectivity index (χ1) is 18.0. The lowest BCUT2D eigenvalue weighted by atomic mass is 10.1. The van der Waals surface area contributed by atoms with Crippen LogP contribution in [0.3, 0.4) is 0 Å². The smallest absolute Gasteiger partial charge is 0.257 e. The molecule has 3 N–H and O–H groups in total. The molecule has 0 aliphatic carbocycles. The van der Waals surface area contributed by atoms with E-state index in [0.29, 0.717) is 45.9 Å². The van der Waals surface area contributed by atoms with E-state index in [0.717, 1.165) is 11.4 Å². The quantitative estimate of drug-likeness (QED) is 0.188. The van der Waals surface area contributed by atoms with E-state index in [1.165, 1.54) is 0 Å². The van der Waals surface area contributed by atoms with Crippen LogP contribution >= 0.6 is 15.9 Å². The Morgan fingerprint density at radius 1 is 0.730 bits per heavy atom. The fourth-order valence-corrected chi connectivity index (χ4v) is 4.00. The van der Waals surface area contributed by atoms with Crippen LogP contribution in [0.2, 0.25) is 0 Å². The number of hydrogen-bond donors (Lipinski definition) is 3. The molecular weight excluding hydrogens is 534 g/mol. The van der Waals surface area contributed by atoms with Gasteiger partial charge in [-0.3, -0.25) is 9.59 Å². The van der Waals surface area contributed by atoms with Gasteiger partial charge in [0.15, 0.2) is 0 Å². The van der Waals surface area contributed by atoms with Gasteiger partial charge in [0.1, 0.15) is 12.4 Å². The number of methoxy groups -OCH3 is 1. The second-order valence-electron chi connectivity index (χ2n) is 8.01. The van der Waals surface area contributed by atoms with Gasteiger partial charge in [-0.1, -0.05) is 30.3 Å². The van der Waals surface area contributed by atoms with Gasteiger partial charge in [0.05, 0.1) is 22.3 Å². The lowest BCUT2D eigenvalue weighted by molar-refractivity contribution is 0.102. The first-order valence-corrected chi connectivity index (χ1v) is 12.4. The first-order valence-electron chi connectivity index (χ1n) is 11.6. The van der Waals surface area contributed by atoms with E-state index in [1.807, 2.05) is 54.6 Å². The third-order valence-corrected chi connectivity index (χ3v) is 5.98. The molecule has 0 unspecified atom stereocenters. The van der Waals surface area contributed by atoms with Crippen molar-refractivity contribution in [2.45, 2.75) is 0 Å². The van der Waals surface area contributed by atoms with Crippen molar-refractivity contribution in [1.29, 1.82) is 0 Å². The minimum absolute atomic E-state index is 0.331. The van der Waals surface area contributed by atoms with E-state index >= 15 is 0 Å². The fraction of sp³-hybridized carbons (Fsp3) is 0.103. The van der Waals surface area contributed by atoms with E-state index in [-0.39, 0.29) is 11.8 Å². The molecule has 4 aromatic carbocycles. The van der Waals surface area contributed by atoms with Gasteiger partial charge in [0.25, 0.3) is 11.8 Å². The molecule has 0 atom stereocenters. The first kappa shape index (κ1) is 25.9. The second-order valence-corrected chi connectivity index (χ2v) is 8.86. The molecule has 8 heteroatoms. The van der Waals surface area contributed by atoms with E-state index in [1.54, 1.807) is 49.6 Å². The molecule has 4 aromatic rings. The zero-order valence-corrected chi connectivity index (χ0v) is 21.7. The minimum atomic E-state index is -0.347. The highest BCUT2D eigenvalue weighted by atomic mass is 79.9. The number of amides is 2. The molecule has 4 rings (SSSR count). The summed E-state index contributed by atoms with van der Waals surface area (Å²) in [5, 5.41) is 9.03. The summed E-state index contributed by atoms with van der Waals surface area (Å²) in [4.78, 5) is 26.0. The Morgan fingerprint density at radius 3 is 2.14 bits per heavy atom. The molecule has 0 aliphatic rings. The molecule has 37 heavy (non-hydrogen) atoms. The number of benzene rings is 4. The van der Waals surface area contributed by atoms with Crippen LogP contribution in [0.25, 0.3) is 0 Å².